The number of nitrogens with one attached hydrogen (secondary N) is 2. The second-order valence-corrected chi connectivity index (χ2v) is 10.1. The number of aryl methyl sites for hydroxylation is 1. The van der Waals surface area contributed by atoms with E-state index < -0.39 is 17.6 Å². The number of rotatable bonds is 8. The molecule has 0 aliphatic heterocycles. The van der Waals surface area contributed by atoms with Crippen LogP contribution in [0.1, 0.15) is 59.1 Å². The van der Waals surface area contributed by atoms with Gasteiger partial charge in [0.25, 0.3) is 5.91 Å². The van der Waals surface area contributed by atoms with Crippen molar-refractivity contribution in [3.63, 3.8) is 0 Å². The Bertz CT molecular complexity index is 1240. The molecule has 0 fully saturated rings. The second kappa shape index (κ2) is 9.87. The number of carboxylic acid groups (broad SMARTS) is 1. The molecule has 0 unspecified atom stereocenters. The Morgan fingerprint density at radius 1 is 1.06 bits per heavy atom. The minimum absolute atomic E-state index is 0.0520. The Morgan fingerprint density at radius 3 is 2.26 bits per heavy atom. The van der Waals surface area contributed by atoms with Gasteiger partial charge in [-0.1, -0.05) is 59.9 Å². The standard InChI is InChI=1S/C26H27N3O5S/c1-15-22(23(32)29-26(2,3)13-12-21(30)31)35-24(27-15)28-25(33)34-14-20-18-10-6-4-8-16(18)17-9-5-7-11-19(17)20/h4-11,20H,12-14H2,1-3H3,(H,29,32)(H,30,31)(H,27,28,33). The lowest BCUT2D eigenvalue weighted by molar-refractivity contribution is -0.137. The van der Waals surface area contributed by atoms with Crippen LogP contribution in [0.15, 0.2) is 48.5 Å². The van der Waals surface area contributed by atoms with Crippen molar-refractivity contribution in [3.05, 3.63) is 70.2 Å². The zero-order chi connectivity index (χ0) is 25.2. The summed E-state index contributed by atoms with van der Waals surface area (Å²) in [6.45, 7) is 5.38. The first kappa shape index (κ1) is 24.4. The number of hydrogen-bond acceptors (Lipinski definition) is 6. The van der Waals surface area contributed by atoms with Crippen LogP contribution >= 0.6 is 11.3 Å². The lowest BCUT2D eigenvalue weighted by Gasteiger charge is -2.25. The summed E-state index contributed by atoms with van der Waals surface area (Å²) < 4.78 is 5.55. The van der Waals surface area contributed by atoms with Gasteiger partial charge in [-0.25, -0.2) is 9.78 Å². The van der Waals surface area contributed by atoms with Crippen molar-refractivity contribution in [1.29, 1.82) is 0 Å². The van der Waals surface area contributed by atoms with Crippen molar-refractivity contribution in [2.75, 3.05) is 11.9 Å². The molecule has 2 aromatic carbocycles. The first-order valence-corrected chi connectivity index (χ1v) is 12.1. The highest BCUT2D eigenvalue weighted by Crippen LogP contribution is 2.44. The predicted octanol–water partition coefficient (Wildman–Crippen LogP) is 5.19. The van der Waals surface area contributed by atoms with Crippen molar-refractivity contribution in [2.45, 2.75) is 45.1 Å². The summed E-state index contributed by atoms with van der Waals surface area (Å²) in [5.74, 6) is -1.34. The number of carbonyl (C=O) groups is 3. The SMILES string of the molecule is Cc1nc(NC(=O)OCC2c3ccccc3-c3ccccc32)sc1C(=O)NC(C)(C)CCC(=O)O. The number of aromatic nitrogens is 1. The topological polar surface area (TPSA) is 118 Å². The van der Waals surface area contributed by atoms with Gasteiger partial charge in [-0.05, 0) is 49.4 Å². The molecule has 1 aliphatic rings. The molecule has 1 aliphatic carbocycles. The van der Waals surface area contributed by atoms with E-state index in [4.69, 9.17) is 9.84 Å². The van der Waals surface area contributed by atoms with Crippen molar-refractivity contribution in [2.24, 2.45) is 0 Å². The monoisotopic (exact) mass is 493 g/mol. The number of anilines is 1. The van der Waals surface area contributed by atoms with Gasteiger partial charge in [0.2, 0.25) is 0 Å². The van der Waals surface area contributed by atoms with Crippen LogP contribution in [0.4, 0.5) is 9.93 Å². The van der Waals surface area contributed by atoms with Crippen LogP contribution in [0.25, 0.3) is 11.1 Å². The molecule has 3 N–H and O–H groups in total. The van der Waals surface area contributed by atoms with E-state index in [2.05, 4.69) is 27.8 Å². The molecule has 0 atom stereocenters. The molecule has 9 heteroatoms. The highest BCUT2D eigenvalue weighted by molar-refractivity contribution is 7.17. The average molecular weight is 494 g/mol. The van der Waals surface area contributed by atoms with Gasteiger partial charge in [-0.15, -0.1) is 0 Å². The van der Waals surface area contributed by atoms with Crippen molar-refractivity contribution in [1.82, 2.24) is 10.3 Å². The van der Waals surface area contributed by atoms with Gasteiger partial charge in [0.15, 0.2) is 5.13 Å². The first-order valence-electron chi connectivity index (χ1n) is 11.3. The normalized spacial score (nSPS) is 12.5. The Balaban J connectivity index is 1.38. The minimum atomic E-state index is -0.920. The van der Waals surface area contributed by atoms with Crippen LogP contribution in [-0.2, 0) is 9.53 Å². The minimum Gasteiger partial charge on any atom is -0.481 e. The molecule has 182 valence electrons. The number of nitrogens with zero attached hydrogens (tertiary/aromatic N) is 1. The van der Waals surface area contributed by atoms with Crippen LogP contribution in [0.5, 0.6) is 0 Å². The molecule has 8 nitrogen and oxygen atoms in total. The van der Waals surface area contributed by atoms with Gasteiger partial charge < -0.3 is 15.2 Å². The molecule has 4 rings (SSSR count). The summed E-state index contributed by atoms with van der Waals surface area (Å²) in [4.78, 5) is 40.7. The molecule has 1 aromatic heterocycles. The van der Waals surface area contributed by atoms with Crippen LogP contribution in [0.2, 0.25) is 0 Å². The number of hydrogen-bond donors (Lipinski definition) is 3. The molecule has 3 aromatic rings. The van der Waals surface area contributed by atoms with Crippen LogP contribution < -0.4 is 10.6 Å². The van der Waals surface area contributed by atoms with E-state index in [1.54, 1.807) is 20.8 Å². The Labute approximate surface area is 207 Å². The largest absolute Gasteiger partial charge is 0.481 e. The highest BCUT2D eigenvalue weighted by Gasteiger charge is 2.29. The van der Waals surface area contributed by atoms with E-state index in [9.17, 15) is 14.4 Å². The number of benzene rings is 2. The zero-order valence-corrected chi connectivity index (χ0v) is 20.6. The van der Waals surface area contributed by atoms with E-state index in [0.29, 0.717) is 10.6 Å². The lowest BCUT2D eigenvalue weighted by atomic mass is 9.98. The maximum absolute atomic E-state index is 12.7. The van der Waals surface area contributed by atoms with E-state index in [0.717, 1.165) is 33.6 Å². The third-order valence-corrected chi connectivity index (χ3v) is 7.04. The quantitative estimate of drug-likeness (QED) is 0.398. The van der Waals surface area contributed by atoms with Crippen LogP contribution in [-0.4, -0.2) is 40.2 Å². The fourth-order valence-electron chi connectivity index (χ4n) is 4.23. The number of fused-ring (bicyclic) bond motifs is 3. The molecule has 0 spiro atoms. The lowest BCUT2D eigenvalue weighted by Crippen LogP contribution is -2.43. The summed E-state index contributed by atoms with van der Waals surface area (Å²) in [6.07, 6.45) is -0.408. The molecular formula is C26H27N3O5S. The van der Waals surface area contributed by atoms with E-state index in [1.807, 2.05) is 36.4 Å². The number of amides is 2. The van der Waals surface area contributed by atoms with Gasteiger partial charge in [0.1, 0.15) is 11.5 Å². The maximum atomic E-state index is 12.7. The molecule has 35 heavy (non-hydrogen) atoms. The number of ether oxygens (including phenoxy) is 1. The average Bonchev–Trinajstić information content (AvgIpc) is 3.33. The number of carboxylic acids is 1. The Morgan fingerprint density at radius 2 is 1.66 bits per heavy atom. The van der Waals surface area contributed by atoms with Crippen LogP contribution in [0.3, 0.4) is 0 Å². The smallest absolute Gasteiger partial charge is 0.413 e. The molecule has 0 radical (unpaired) electrons. The van der Waals surface area contributed by atoms with E-state index in [-0.39, 0.29) is 36.4 Å². The van der Waals surface area contributed by atoms with E-state index >= 15 is 0 Å². The summed E-state index contributed by atoms with van der Waals surface area (Å²) in [7, 11) is 0. The number of carbonyl (C=O) groups excluding carboxylic acids is 2. The van der Waals surface area contributed by atoms with Gasteiger partial charge in [-0.2, -0.15) is 0 Å². The van der Waals surface area contributed by atoms with Crippen molar-refractivity contribution < 1.29 is 24.2 Å². The molecule has 1 heterocycles. The van der Waals surface area contributed by atoms with Gasteiger partial charge >= 0.3 is 12.1 Å². The summed E-state index contributed by atoms with van der Waals surface area (Å²) in [6, 6.07) is 16.2. The highest BCUT2D eigenvalue weighted by atomic mass is 32.1. The molecule has 0 saturated heterocycles. The van der Waals surface area contributed by atoms with Crippen molar-refractivity contribution >= 4 is 34.4 Å². The Hall–Kier alpha value is -3.72. The summed E-state index contributed by atoms with van der Waals surface area (Å²) in [5, 5.41) is 14.6. The van der Waals surface area contributed by atoms with Gasteiger partial charge in [0, 0.05) is 17.9 Å². The molecular weight excluding hydrogens is 466 g/mol. The summed E-state index contributed by atoms with van der Waals surface area (Å²) >= 11 is 1.04. The summed E-state index contributed by atoms with van der Waals surface area (Å²) in [5.41, 5.74) is 4.30. The fourth-order valence-corrected chi connectivity index (χ4v) is 5.08. The van der Waals surface area contributed by atoms with E-state index in [1.165, 1.54) is 0 Å². The Kier molecular flexibility index (Phi) is 6.88. The van der Waals surface area contributed by atoms with Gasteiger partial charge in [-0.3, -0.25) is 14.9 Å². The second-order valence-electron chi connectivity index (χ2n) is 9.12. The van der Waals surface area contributed by atoms with Crippen LogP contribution in [0, 0.1) is 6.92 Å². The third-order valence-electron chi connectivity index (χ3n) is 5.97. The third kappa shape index (κ3) is 5.51. The first-order chi connectivity index (χ1) is 16.6. The molecule has 0 saturated carbocycles. The van der Waals surface area contributed by atoms with Crippen molar-refractivity contribution in [3.8, 4) is 11.1 Å². The molecule has 2 amide bonds. The van der Waals surface area contributed by atoms with Gasteiger partial charge in [0.05, 0.1) is 5.69 Å². The fraction of sp³-hybridized carbons (Fsp3) is 0.308. The maximum Gasteiger partial charge on any atom is 0.413 e. The number of thiazole rings is 1. The number of aliphatic carboxylic acids is 1. The molecule has 0 bridgehead atoms. The predicted molar refractivity (Wildman–Crippen MR) is 134 cm³/mol. The zero-order valence-electron chi connectivity index (χ0n) is 19.8.